The van der Waals surface area contributed by atoms with Crippen LogP contribution in [0.5, 0.6) is 11.5 Å². The van der Waals surface area contributed by atoms with Gasteiger partial charge in [0.25, 0.3) is 5.91 Å². The Hall–Kier alpha value is -1.66. The molecule has 1 fully saturated rings. The summed E-state index contributed by atoms with van der Waals surface area (Å²) in [5, 5.41) is 1.18. The molecule has 0 spiro atoms. The number of carbonyl (C=O) groups is 1. The average molecular weight is 383 g/mol. The average Bonchev–Trinajstić information content (AvgIpc) is 2.84. The highest BCUT2D eigenvalue weighted by atomic mass is 35.5. The fourth-order valence-corrected chi connectivity index (χ4v) is 3.73. The van der Waals surface area contributed by atoms with E-state index in [2.05, 4.69) is 4.99 Å². The molecule has 1 aliphatic rings. The van der Waals surface area contributed by atoms with Crippen molar-refractivity contribution in [3.63, 3.8) is 0 Å². The number of nitrogens with zero attached hydrogens (tertiary/aromatic N) is 2. The molecule has 25 heavy (non-hydrogen) atoms. The minimum Gasteiger partial charge on any atom is -0.493 e. The summed E-state index contributed by atoms with van der Waals surface area (Å²) in [5.74, 6) is 1.01. The van der Waals surface area contributed by atoms with Gasteiger partial charge in [-0.3, -0.25) is 14.7 Å². The first kappa shape index (κ1) is 19.7. The van der Waals surface area contributed by atoms with Crippen molar-refractivity contribution in [2.45, 2.75) is 33.8 Å². The van der Waals surface area contributed by atoms with Crippen molar-refractivity contribution in [3.05, 3.63) is 27.6 Å². The van der Waals surface area contributed by atoms with Crippen molar-refractivity contribution in [2.24, 2.45) is 4.99 Å². The Labute approximate surface area is 158 Å². The molecule has 0 atom stereocenters. The van der Waals surface area contributed by atoms with Gasteiger partial charge in [0.1, 0.15) is 0 Å². The number of hydrogen-bond donors (Lipinski definition) is 0. The summed E-state index contributed by atoms with van der Waals surface area (Å²) in [5.41, 5.74) is 0.780. The predicted octanol–water partition coefficient (Wildman–Crippen LogP) is 4.45. The lowest BCUT2D eigenvalue weighted by Gasteiger charge is -2.15. The molecular formula is C18H23ClN2O3S. The summed E-state index contributed by atoms with van der Waals surface area (Å²) in [4.78, 5) is 19.2. The first-order chi connectivity index (χ1) is 11.9. The summed E-state index contributed by atoms with van der Waals surface area (Å²) in [6.45, 7) is 8.96. The molecule has 0 unspecified atom stereocenters. The van der Waals surface area contributed by atoms with Crippen molar-refractivity contribution >= 4 is 40.5 Å². The van der Waals surface area contributed by atoms with Gasteiger partial charge in [-0.2, -0.15) is 0 Å². The number of amides is 1. The number of thioether (sulfide) groups is 1. The lowest BCUT2D eigenvalue weighted by atomic mass is 10.1. The van der Waals surface area contributed by atoms with Crippen LogP contribution in [0.15, 0.2) is 22.0 Å². The van der Waals surface area contributed by atoms with Gasteiger partial charge in [0.15, 0.2) is 16.7 Å². The number of aliphatic imine (C=N–C) groups is 1. The Bertz CT molecular complexity index is 717. The highest BCUT2D eigenvalue weighted by Gasteiger charge is 2.31. The number of amidine groups is 1. The van der Waals surface area contributed by atoms with Gasteiger partial charge in [-0.1, -0.05) is 11.6 Å². The van der Waals surface area contributed by atoms with E-state index in [4.69, 9.17) is 21.1 Å². The highest BCUT2D eigenvalue weighted by Crippen LogP contribution is 2.39. The molecule has 0 N–H and O–H groups in total. The largest absolute Gasteiger partial charge is 0.493 e. The number of rotatable bonds is 6. The quantitative estimate of drug-likeness (QED) is 0.682. The van der Waals surface area contributed by atoms with Crippen LogP contribution in [0.4, 0.5) is 0 Å². The Kier molecular flexibility index (Phi) is 6.79. The second kappa shape index (κ2) is 8.63. The number of likely N-dealkylation sites (N-methyl/N-ethyl adjacent to an activating group) is 1. The number of ether oxygens (including phenoxy) is 2. The van der Waals surface area contributed by atoms with Crippen LogP contribution in [0.2, 0.25) is 5.02 Å². The number of hydrogen-bond acceptors (Lipinski definition) is 5. The number of benzene rings is 1. The third-order valence-electron chi connectivity index (χ3n) is 3.40. The molecule has 1 aliphatic heterocycles. The Morgan fingerprint density at radius 1 is 1.36 bits per heavy atom. The van der Waals surface area contributed by atoms with E-state index in [-0.39, 0.29) is 12.0 Å². The minimum absolute atomic E-state index is 0.0199. The maximum absolute atomic E-state index is 12.5. The molecule has 0 bridgehead atoms. The molecular weight excluding hydrogens is 360 g/mol. The van der Waals surface area contributed by atoms with Gasteiger partial charge >= 0.3 is 0 Å². The topological polar surface area (TPSA) is 51.1 Å². The fraction of sp³-hybridized carbons (Fsp3) is 0.444. The smallest absolute Gasteiger partial charge is 0.266 e. The van der Waals surface area contributed by atoms with E-state index in [0.29, 0.717) is 34.5 Å². The molecule has 0 aromatic heterocycles. The zero-order valence-electron chi connectivity index (χ0n) is 15.1. The monoisotopic (exact) mass is 382 g/mol. The van der Waals surface area contributed by atoms with Gasteiger partial charge in [0, 0.05) is 13.1 Å². The Balaban J connectivity index is 2.39. The second-order valence-electron chi connectivity index (χ2n) is 5.62. The van der Waals surface area contributed by atoms with Crippen molar-refractivity contribution in [3.8, 4) is 11.5 Å². The van der Waals surface area contributed by atoms with Gasteiger partial charge in [0.05, 0.1) is 23.1 Å². The first-order valence-electron chi connectivity index (χ1n) is 8.21. The summed E-state index contributed by atoms with van der Waals surface area (Å²) in [6.07, 6.45) is 1.79. The van der Waals surface area contributed by atoms with E-state index >= 15 is 0 Å². The van der Waals surface area contributed by atoms with E-state index in [1.165, 1.54) is 11.8 Å². The van der Waals surface area contributed by atoms with E-state index in [0.717, 1.165) is 10.7 Å². The maximum Gasteiger partial charge on any atom is 0.266 e. The normalized spacial score (nSPS) is 17.9. The molecule has 1 heterocycles. The summed E-state index contributed by atoms with van der Waals surface area (Å²) in [7, 11) is 1.57. The van der Waals surface area contributed by atoms with Crippen LogP contribution in [0, 0.1) is 0 Å². The molecule has 2 rings (SSSR count). The molecule has 0 aliphatic carbocycles. The molecule has 1 amide bonds. The third kappa shape index (κ3) is 4.50. The van der Waals surface area contributed by atoms with Crippen LogP contribution < -0.4 is 9.47 Å². The molecule has 1 aromatic rings. The van der Waals surface area contributed by atoms with Gasteiger partial charge in [-0.25, -0.2) is 0 Å². The maximum atomic E-state index is 12.5. The van der Waals surface area contributed by atoms with Crippen LogP contribution in [0.3, 0.4) is 0 Å². The van der Waals surface area contributed by atoms with Crippen LogP contribution in [-0.2, 0) is 4.79 Å². The van der Waals surface area contributed by atoms with Gasteiger partial charge in [-0.05, 0) is 63.2 Å². The van der Waals surface area contributed by atoms with E-state index < -0.39 is 0 Å². The fourth-order valence-electron chi connectivity index (χ4n) is 2.36. The molecule has 1 aromatic carbocycles. The molecule has 5 nitrogen and oxygen atoms in total. The summed E-state index contributed by atoms with van der Waals surface area (Å²) < 4.78 is 11.1. The van der Waals surface area contributed by atoms with Crippen molar-refractivity contribution in [2.75, 3.05) is 20.2 Å². The van der Waals surface area contributed by atoms with Crippen molar-refractivity contribution < 1.29 is 14.3 Å². The van der Waals surface area contributed by atoms with Gasteiger partial charge in [0.2, 0.25) is 0 Å². The molecule has 0 radical (unpaired) electrons. The SMILES string of the molecule is CCN=C1S/C(=C/c2cc(Cl)c(OC(C)C)c(OC)c2)C(=O)N1CC. The summed E-state index contributed by atoms with van der Waals surface area (Å²) in [6, 6.07) is 3.59. The molecule has 7 heteroatoms. The van der Waals surface area contributed by atoms with Crippen LogP contribution in [0.1, 0.15) is 33.3 Å². The molecule has 0 saturated carbocycles. The van der Waals surface area contributed by atoms with E-state index in [1.54, 1.807) is 24.2 Å². The van der Waals surface area contributed by atoms with E-state index in [1.807, 2.05) is 33.8 Å². The summed E-state index contributed by atoms with van der Waals surface area (Å²) >= 11 is 7.73. The number of carbonyl (C=O) groups excluding carboxylic acids is 1. The standard InChI is InChI=1S/C18H23ClN2O3S/c1-6-20-18-21(7-2)17(22)15(25-18)10-12-8-13(19)16(24-11(3)4)14(9-12)23-5/h8-11H,6-7H2,1-5H3/b15-10+,20-18?. The number of methoxy groups -OCH3 is 1. The van der Waals surface area contributed by atoms with Crippen molar-refractivity contribution in [1.82, 2.24) is 4.90 Å². The molecule has 1 saturated heterocycles. The van der Waals surface area contributed by atoms with E-state index in [9.17, 15) is 4.79 Å². The van der Waals surface area contributed by atoms with Gasteiger partial charge in [-0.15, -0.1) is 0 Å². The lowest BCUT2D eigenvalue weighted by molar-refractivity contribution is -0.122. The van der Waals surface area contributed by atoms with Crippen molar-refractivity contribution in [1.29, 1.82) is 0 Å². The minimum atomic E-state index is -0.0442. The number of halogens is 1. The third-order valence-corrected chi connectivity index (χ3v) is 4.73. The molecule has 136 valence electrons. The Morgan fingerprint density at radius 2 is 2.08 bits per heavy atom. The van der Waals surface area contributed by atoms with Crippen LogP contribution in [0.25, 0.3) is 6.08 Å². The highest BCUT2D eigenvalue weighted by molar-refractivity contribution is 8.18. The van der Waals surface area contributed by atoms with Crippen LogP contribution in [-0.4, -0.2) is 42.3 Å². The Morgan fingerprint density at radius 3 is 2.64 bits per heavy atom. The zero-order valence-corrected chi connectivity index (χ0v) is 16.7. The first-order valence-corrected chi connectivity index (χ1v) is 9.40. The zero-order chi connectivity index (χ0) is 18.6. The predicted molar refractivity (Wildman–Crippen MR) is 105 cm³/mol. The lowest BCUT2D eigenvalue weighted by Crippen LogP contribution is -2.28. The van der Waals surface area contributed by atoms with Gasteiger partial charge < -0.3 is 9.47 Å². The van der Waals surface area contributed by atoms with Crippen LogP contribution >= 0.6 is 23.4 Å². The second-order valence-corrected chi connectivity index (χ2v) is 7.03.